The minimum atomic E-state index is -4.34. The number of hydrogen-bond acceptors (Lipinski definition) is 14. The van der Waals surface area contributed by atoms with Gasteiger partial charge in [-0.2, -0.15) is 36.5 Å². The van der Waals surface area contributed by atoms with Crippen LogP contribution in [-0.2, 0) is 34.1 Å². The van der Waals surface area contributed by atoms with Crippen molar-refractivity contribution in [1.82, 2.24) is 53.8 Å². The average Bonchev–Trinajstić information content (AvgIpc) is 3.88. The molecule has 6 aromatic heterocycles. The molecule has 1 amide bonds. The van der Waals surface area contributed by atoms with E-state index in [-0.39, 0.29) is 80.3 Å². The summed E-state index contributed by atoms with van der Waals surface area (Å²) in [6, 6.07) is 7.98. The second-order valence-electron chi connectivity index (χ2n) is 14.8. The van der Waals surface area contributed by atoms with Gasteiger partial charge in [-0.15, -0.1) is 10.2 Å². The standard InChI is InChI=1S/C18H16ClF3N6O4S.C14H11ClF3N3O3.C4H7N3O2S/c1-27-9-11(8-23-27)33(30,31)26-16(29)12-2-3-13(24-15(12)19)28-7-4-14(25-28)32-10-17(5-6-17)18(20,21)22;15-11-8(12(22)23)1-2-9(19-11)21-6-3-10(20-21)24-7-13(4-5-13)14(16,17)18;1-7-3-4(2-6-7)10(5,8)9/h2-4,7-9H,5-6,10H2,1H3,(H,26,29);1-3,6H,4-5,7H2,(H,22,23);2-3H,1H3,(H2,5,8,9). The van der Waals surface area contributed by atoms with Crippen molar-refractivity contribution in [2.24, 2.45) is 30.1 Å². The number of primary sulfonamides is 1. The molecule has 2 aliphatic carbocycles. The number of nitrogens with zero attached hydrogens (tertiary/aromatic N) is 10. The van der Waals surface area contributed by atoms with Crippen molar-refractivity contribution in [3.05, 3.63) is 95.0 Å². The van der Waals surface area contributed by atoms with Gasteiger partial charge in [-0.05, 0) is 49.9 Å². The molecule has 0 bridgehead atoms. The molecule has 67 heavy (non-hydrogen) atoms. The van der Waals surface area contributed by atoms with Crippen LogP contribution in [0.4, 0.5) is 26.3 Å². The van der Waals surface area contributed by atoms with Crippen LogP contribution in [0.1, 0.15) is 46.4 Å². The second kappa shape index (κ2) is 18.8. The fourth-order valence-electron chi connectivity index (χ4n) is 5.52. The van der Waals surface area contributed by atoms with Gasteiger partial charge in [0.15, 0.2) is 11.6 Å². The maximum Gasteiger partial charge on any atom is 0.397 e. The summed E-state index contributed by atoms with van der Waals surface area (Å²) in [5.74, 6) is -1.88. The van der Waals surface area contributed by atoms with Crippen LogP contribution in [0.2, 0.25) is 10.3 Å². The van der Waals surface area contributed by atoms with Crippen LogP contribution in [0, 0.1) is 10.8 Å². The van der Waals surface area contributed by atoms with Crippen LogP contribution in [0.15, 0.2) is 83.4 Å². The molecule has 360 valence electrons. The molecule has 0 unspecified atom stereocenters. The lowest BCUT2D eigenvalue weighted by Gasteiger charge is -2.18. The van der Waals surface area contributed by atoms with Gasteiger partial charge in [0.2, 0.25) is 21.8 Å². The van der Waals surface area contributed by atoms with Gasteiger partial charge in [-0.25, -0.2) is 50.8 Å². The van der Waals surface area contributed by atoms with Gasteiger partial charge >= 0.3 is 18.3 Å². The zero-order chi connectivity index (χ0) is 49.3. The third kappa shape index (κ3) is 12.0. The van der Waals surface area contributed by atoms with Crippen LogP contribution in [-0.4, -0.2) is 108 Å². The topological polar surface area (TPSA) is 276 Å². The van der Waals surface area contributed by atoms with E-state index in [9.17, 15) is 52.8 Å². The number of amides is 1. The highest BCUT2D eigenvalue weighted by atomic mass is 35.5. The van der Waals surface area contributed by atoms with Gasteiger partial charge in [0.25, 0.3) is 15.9 Å². The summed E-state index contributed by atoms with van der Waals surface area (Å²) in [6.07, 6.45) is -0.854. The molecule has 2 saturated carbocycles. The van der Waals surface area contributed by atoms with E-state index in [4.69, 9.17) is 42.9 Å². The number of nitrogens with one attached hydrogen (secondary N) is 1. The number of carbonyl (C=O) groups excluding carboxylic acids is 1. The zero-order valence-electron chi connectivity index (χ0n) is 34.3. The van der Waals surface area contributed by atoms with E-state index in [0.717, 1.165) is 6.20 Å². The highest BCUT2D eigenvalue weighted by molar-refractivity contribution is 7.90. The Morgan fingerprint density at radius 3 is 1.48 bits per heavy atom. The first-order valence-corrected chi connectivity index (χ1v) is 22.6. The van der Waals surface area contributed by atoms with Crippen molar-refractivity contribution in [2.45, 2.75) is 47.8 Å². The van der Waals surface area contributed by atoms with Gasteiger partial charge in [0, 0.05) is 51.0 Å². The number of nitrogens with two attached hydrogens (primary N) is 1. The Morgan fingerprint density at radius 1 is 0.731 bits per heavy atom. The largest absolute Gasteiger partial charge is 0.478 e. The van der Waals surface area contributed by atoms with E-state index in [1.54, 1.807) is 7.05 Å². The number of aryl methyl sites for hydroxylation is 2. The highest BCUT2D eigenvalue weighted by Gasteiger charge is 2.64. The Bertz CT molecular complexity index is 3020. The summed E-state index contributed by atoms with van der Waals surface area (Å²) in [6.45, 7) is -1.02. The molecule has 6 heterocycles. The molecule has 0 saturated heterocycles. The van der Waals surface area contributed by atoms with Crippen LogP contribution in [0.3, 0.4) is 0 Å². The molecule has 2 aliphatic rings. The maximum absolute atomic E-state index is 13.0. The number of rotatable bonds is 13. The lowest BCUT2D eigenvalue weighted by molar-refractivity contribution is -0.195. The molecule has 0 aromatic carbocycles. The van der Waals surface area contributed by atoms with Crippen molar-refractivity contribution < 1.29 is 67.3 Å². The van der Waals surface area contributed by atoms with Gasteiger partial charge in [-0.1, -0.05) is 23.2 Å². The van der Waals surface area contributed by atoms with Crippen LogP contribution < -0.4 is 19.3 Å². The Hall–Kier alpha value is -6.30. The summed E-state index contributed by atoms with van der Waals surface area (Å²) in [5.41, 5.74) is -3.98. The lowest BCUT2D eigenvalue weighted by atomic mass is 10.1. The monoisotopic (exact) mass is 1030 g/mol. The van der Waals surface area contributed by atoms with Gasteiger partial charge in [0.05, 0.1) is 23.5 Å². The van der Waals surface area contributed by atoms with E-state index < -0.39 is 68.3 Å². The Kier molecular flexibility index (Phi) is 14.0. The molecule has 0 spiro atoms. The molecule has 0 aliphatic heterocycles. The van der Waals surface area contributed by atoms with Gasteiger partial charge in [-0.3, -0.25) is 14.2 Å². The number of ether oxygens (including phenoxy) is 2. The van der Waals surface area contributed by atoms with E-state index >= 15 is 0 Å². The van der Waals surface area contributed by atoms with Crippen molar-refractivity contribution in [1.29, 1.82) is 0 Å². The number of aromatic carboxylic acids is 1. The first-order valence-electron chi connectivity index (χ1n) is 18.8. The molecule has 4 N–H and O–H groups in total. The second-order valence-corrected chi connectivity index (χ2v) is 18.8. The number of halogens is 8. The van der Waals surface area contributed by atoms with Crippen LogP contribution >= 0.6 is 23.2 Å². The highest BCUT2D eigenvalue weighted by Crippen LogP contribution is 2.58. The van der Waals surface area contributed by atoms with Crippen molar-refractivity contribution in [2.75, 3.05) is 13.2 Å². The Morgan fingerprint density at radius 2 is 1.15 bits per heavy atom. The van der Waals surface area contributed by atoms with Crippen molar-refractivity contribution in [3.8, 4) is 23.4 Å². The van der Waals surface area contributed by atoms with Crippen LogP contribution in [0.5, 0.6) is 11.8 Å². The molecular weight excluding hydrogens is 993 g/mol. The summed E-state index contributed by atoms with van der Waals surface area (Å²) in [7, 11) is -4.60. The lowest BCUT2D eigenvalue weighted by Crippen LogP contribution is -2.30. The number of carboxylic acid groups (broad SMARTS) is 1. The van der Waals surface area contributed by atoms with Gasteiger partial charge < -0.3 is 14.6 Å². The third-order valence-corrected chi connectivity index (χ3v) is 12.6. The van der Waals surface area contributed by atoms with E-state index in [2.05, 4.69) is 30.4 Å². The molecule has 21 nitrogen and oxygen atoms in total. The number of aromatic nitrogens is 10. The fraction of sp³-hybridized carbons (Fsp3) is 0.333. The third-order valence-electron chi connectivity index (χ3n) is 9.87. The van der Waals surface area contributed by atoms with E-state index in [1.165, 1.54) is 93.2 Å². The maximum atomic E-state index is 13.0. The number of sulfonamides is 2. The number of pyridine rings is 2. The minimum Gasteiger partial charge on any atom is -0.478 e. The quantitative estimate of drug-likeness (QED) is 0.102. The van der Waals surface area contributed by atoms with Crippen molar-refractivity contribution >= 4 is 55.1 Å². The fourth-order valence-corrected chi connectivity index (χ4v) is 7.43. The van der Waals surface area contributed by atoms with Gasteiger partial charge in [0.1, 0.15) is 44.1 Å². The average molecular weight is 1030 g/mol. The van der Waals surface area contributed by atoms with Crippen LogP contribution in [0.25, 0.3) is 11.6 Å². The molecule has 2 fully saturated rings. The minimum absolute atomic E-state index is 0.00834. The molecule has 6 aromatic rings. The molecular formula is C36H34Cl2F6N12O9S2. The van der Waals surface area contributed by atoms with E-state index in [1.807, 2.05) is 4.72 Å². The summed E-state index contributed by atoms with van der Waals surface area (Å²) in [5, 5.41) is 28.5. The smallest absolute Gasteiger partial charge is 0.397 e. The molecule has 31 heteroatoms. The zero-order valence-corrected chi connectivity index (χ0v) is 37.4. The number of hydrogen-bond donors (Lipinski definition) is 3. The predicted octanol–water partition coefficient (Wildman–Crippen LogP) is 4.90. The molecule has 0 atom stereocenters. The Balaban J connectivity index is 0.000000189. The number of carbonyl (C=O) groups is 2. The summed E-state index contributed by atoms with van der Waals surface area (Å²) >= 11 is 11.8. The first-order chi connectivity index (χ1) is 31.1. The van der Waals surface area contributed by atoms with Crippen molar-refractivity contribution in [3.63, 3.8) is 0 Å². The Labute approximate surface area is 384 Å². The summed E-state index contributed by atoms with van der Waals surface area (Å²) < 4.78 is 141. The first kappa shape index (κ1) is 50.1. The molecule has 8 rings (SSSR count). The summed E-state index contributed by atoms with van der Waals surface area (Å²) in [4.78, 5) is 31.0. The van der Waals surface area contributed by atoms with E-state index in [0.29, 0.717) is 0 Å². The molecule has 0 radical (unpaired) electrons. The number of carboxylic acids is 1. The predicted molar refractivity (Wildman–Crippen MR) is 219 cm³/mol. The SMILES string of the molecule is Cn1cc(S(=O)(=O)NC(=O)c2ccc(-n3ccc(OCC4(C(F)(F)F)CC4)n3)nc2Cl)cn1.Cn1cc(S(N)(=O)=O)cn1.O=C(O)c1ccc(-n2ccc(OCC3(C(F)(F)F)CC3)n2)nc1Cl. The number of alkyl halides is 6. The normalized spacial score (nSPS) is 15.0.